The van der Waals surface area contributed by atoms with E-state index in [2.05, 4.69) is 52.0 Å². The number of carboxylic acid groups (broad SMARTS) is 2. The molecular formula is C18H34NiO4P. The van der Waals surface area contributed by atoms with Crippen LogP contribution in [0.5, 0.6) is 0 Å². The van der Waals surface area contributed by atoms with Crippen molar-refractivity contribution < 1.29 is 36.3 Å². The maximum Gasteiger partial charge on any atom is 3.00 e. The number of allylic oxidation sites excluding steroid dienone is 4. The molecule has 0 saturated carbocycles. The molecule has 0 heterocycles. The third-order valence-electron chi connectivity index (χ3n) is 2.16. The third kappa shape index (κ3) is 58.0. The first-order chi connectivity index (χ1) is 10.5. The first-order valence-electron chi connectivity index (χ1n) is 7.59. The van der Waals surface area contributed by atoms with Crippen LogP contribution in [0.3, 0.4) is 0 Å². The molecular weight excluding hydrogens is 370 g/mol. The van der Waals surface area contributed by atoms with Crippen LogP contribution in [-0.4, -0.2) is 22.2 Å². The SMILES string of the molecule is C1=CCCCCC=C1.P.[CH2-]CC(=O)O.[CH2-]CC(=O)O.[CH2-]CCC.[Ni+3]. The van der Waals surface area contributed by atoms with E-state index in [-0.39, 0.29) is 39.2 Å². The van der Waals surface area contributed by atoms with E-state index in [0.717, 1.165) is 6.42 Å². The average Bonchev–Trinajstić information content (AvgIpc) is 2.48. The Hall–Kier alpha value is -0.656. The van der Waals surface area contributed by atoms with Crippen LogP contribution in [-0.2, 0) is 26.1 Å². The van der Waals surface area contributed by atoms with E-state index in [9.17, 15) is 9.59 Å². The Morgan fingerprint density at radius 3 is 1.33 bits per heavy atom. The van der Waals surface area contributed by atoms with Crippen molar-refractivity contribution in [1.29, 1.82) is 0 Å². The van der Waals surface area contributed by atoms with Crippen molar-refractivity contribution >= 4 is 21.8 Å². The maximum absolute atomic E-state index is 9.31. The molecule has 0 fully saturated rings. The predicted molar refractivity (Wildman–Crippen MR) is 103 cm³/mol. The van der Waals surface area contributed by atoms with Gasteiger partial charge in [-0.1, -0.05) is 50.5 Å². The minimum atomic E-state index is -0.856. The largest absolute Gasteiger partial charge is 3.00 e. The van der Waals surface area contributed by atoms with Crippen LogP contribution in [0.25, 0.3) is 0 Å². The first-order valence-corrected chi connectivity index (χ1v) is 7.59. The smallest absolute Gasteiger partial charge is 0.483 e. The molecule has 24 heavy (non-hydrogen) atoms. The van der Waals surface area contributed by atoms with E-state index >= 15 is 0 Å². The summed E-state index contributed by atoms with van der Waals surface area (Å²) >= 11 is 0. The van der Waals surface area contributed by atoms with Crippen molar-refractivity contribution in [3.8, 4) is 0 Å². The Bertz CT molecular complexity index is 275. The standard InChI is InChI=1S/C8H12.C4H9.2C3H5O2.Ni.H3P/c1-2-4-6-8-7-5-3-1;1-3-4-2;2*1-2-3(4)5;;/h1-4H,5-8H2;1,3-4H2,2H3;2*1-2H2,(H,4,5);;1H3/q;3*-1;+3;. The van der Waals surface area contributed by atoms with Gasteiger partial charge in [0.1, 0.15) is 0 Å². The predicted octanol–water partition coefficient (Wildman–Crippen LogP) is 4.94. The molecule has 0 aliphatic heterocycles. The fourth-order valence-electron chi connectivity index (χ4n) is 0.874. The van der Waals surface area contributed by atoms with Gasteiger partial charge in [-0.05, 0) is 25.7 Å². The van der Waals surface area contributed by atoms with E-state index < -0.39 is 11.9 Å². The van der Waals surface area contributed by atoms with Gasteiger partial charge in [0.25, 0.3) is 11.9 Å². The maximum atomic E-state index is 9.31. The number of aliphatic carboxylic acids is 2. The Morgan fingerprint density at radius 2 is 1.17 bits per heavy atom. The van der Waals surface area contributed by atoms with E-state index in [0.29, 0.717) is 0 Å². The fourth-order valence-corrected chi connectivity index (χ4v) is 0.874. The Kier molecular flexibility index (Phi) is 48.8. The van der Waals surface area contributed by atoms with Gasteiger partial charge in [0.15, 0.2) is 0 Å². The molecule has 1 atom stereocenters. The molecule has 1 aliphatic carbocycles. The molecule has 1 radical (unpaired) electrons. The van der Waals surface area contributed by atoms with Gasteiger partial charge in [-0.3, -0.25) is 9.59 Å². The summed E-state index contributed by atoms with van der Waals surface area (Å²) in [6, 6.07) is 0. The Labute approximate surface area is 161 Å². The van der Waals surface area contributed by atoms with Gasteiger partial charge in [0.2, 0.25) is 0 Å². The molecule has 1 unspecified atom stereocenters. The van der Waals surface area contributed by atoms with Crippen molar-refractivity contribution in [2.24, 2.45) is 0 Å². The molecule has 6 heteroatoms. The van der Waals surface area contributed by atoms with Crippen molar-refractivity contribution in [1.82, 2.24) is 0 Å². The van der Waals surface area contributed by atoms with Gasteiger partial charge >= 0.3 is 16.5 Å². The minimum Gasteiger partial charge on any atom is -0.483 e. The van der Waals surface area contributed by atoms with E-state index in [1.165, 1.54) is 32.1 Å². The van der Waals surface area contributed by atoms with E-state index in [1.807, 2.05) is 0 Å². The summed E-state index contributed by atoms with van der Waals surface area (Å²) in [4.78, 5) is 18.6. The molecule has 1 rings (SSSR count). The number of carbonyl (C=O) groups is 2. The molecule has 0 bridgehead atoms. The van der Waals surface area contributed by atoms with Gasteiger partial charge in [-0.2, -0.15) is 16.3 Å². The second-order valence-electron chi connectivity index (χ2n) is 4.28. The van der Waals surface area contributed by atoms with Crippen molar-refractivity contribution in [2.75, 3.05) is 0 Å². The number of hydrogen-bond acceptors (Lipinski definition) is 2. The number of unbranched alkanes of at least 4 members (excludes halogenated alkanes) is 1. The average molecular weight is 404 g/mol. The Morgan fingerprint density at radius 1 is 0.917 bits per heavy atom. The van der Waals surface area contributed by atoms with Gasteiger partial charge in [-0.25, -0.2) is 0 Å². The van der Waals surface area contributed by atoms with Gasteiger partial charge in [-0.15, -0.1) is 0 Å². The summed E-state index contributed by atoms with van der Waals surface area (Å²) in [5.41, 5.74) is 0. The number of hydrogen-bond donors (Lipinski definition) is 2. The zero-order valence-electron chi connectivity index (χ0n) is 14.8. The van der Waals surface area contributed by atoms with Crippen molar-refractivity contribution in [3.63, 3.8) is 0 Å². The summed E-state index contributed by atoms with van der Waals surface area (Å²) in [7, 11) is 0. The summed E-state index contributed by atoms with van der Waals surface area (Å²) in [5.74, 6) is -1.71. The molecule has 4 nitrogen and oxygen atoms in total. The number of rotatable bonds is 3. The van der Waals surface area contributed by atoms with Crippen LogP contribution in [0.15, 0.2) is 24.3 Å². The monoisotopic (exact) mass is 403 g/mol. The molecule has 0 spiro atoms. The fraction of sp³-hybridized carbons (Fsp3) is 0.500. The first kappa shape index (κ1) is 34.6. The van der Waals surface area contributed by atoms with Crippen LogP contribution < -0.4 is 0 Å². The topological polar surface area (TPSA) is 74.6 Å². The Balaban J connectivity index is -0.0000000678. The van der Waals surface area contributed by atoms with Crippen molar-refractivity contribution in [2.45, 2.75) is 58.3 Å². The molecule has 0 amide bonds. The van der Waals surface area contributed by atoms with Crippen LogP contribution >= 0.6 is 9.90 Å². The van der Waals surface area contributed by atoms with Gasteiger partial charge in [0, 0.05) is 0 Å². The zero-order chi connectivity index (χ0) is 17.6. The minimum absolute atomic E-state index is 0. The molecule has 0 aromatic carbocycles. The zero-order valence-corrected chi connectivity index (χ0v) is 17.2. The van der Waals surface area contributed by atoms with Crippen LogP contribution in [0.2, 0.25) is 0 Å². The van der Waals surface area contributed by atoms with Crippen molar-refractivity contribution in [3.05, 3.63) is 45.1 Å². The summed E-state index contributed by atoms with van der Waals surface area (Å²) in [6.45, 7) is 11.9. The molecule has 1 aliphatic rings. The molecule has 2 N–H and O–H groups in total. The van der Waals surface area contributed by atoms with Gasteiger partial charge < -0.3 is 31.0 Å². The molecule has 0 aromatic rings. The summed E-state index contributed by atoms with van der Waals surface area (Å²) < 4.78 is 0. The second kappa shape index (κ2) is 33.8. The molecule has 0 aromatic heterocycles. The number of carboxylic acids is 2. The van der Waals surface area contributed by atoms with Crippen LogP contribution in [0, 0.1) is 20.8 Å². The van der Waals surface area contributed by atoms with Gasteiger partial charge in [0.05, 0.1) is 0 Å². The second-order valence-corrected chi connectivity index (χ2v) is 4.28. The van der Waals surface area contributed by atoms with Crippen LogP contribution in [0.1, 0.15) is 58.3 Å². The summed E-state index contributed by atoms with van der Waals surface area (Å²) in [6.07, 6.45) is 16.2. The summed E-state index contributed by atoms with van der Waals surface area (Å²) in [5, 5.41) is 15.3. The molecule has 0 saturated heterocycles. The normalized spacial score (nSPS) is 11.0. The van der Waals surface area contributed by atoms with E-state index in [4.69, 9.17) is 10.2 Å². The molecule has 145 valence electrons. The van der Waals surface area contributed by atoms with Crippen LogP contribution in [0.4, 0.5) is 0 Å². The third-order valence-corrected chi connectivity index (χ3v) is 2.16. The quantitative estimate of drug-likeness (QED) is 0.397. The van der Waals surface area contributed by atoms with E-state index in [1.54, 1.807) is 0 Å².